The first-order chi connectivity index (χ1) is 8.93. The van der Waals surface area contributed by atoms with Crippen molar-refractivity contribution in [2.24, 2.45) is 0 Å². The molecule has 19 heavy (non-hydrogen) atoms. The topological polar surface area (TPSA) is 38.1 Å². The second-order valence-electron chi connectivity index (χ2n) is 5.87. The number of oxazole rings is 1. The lowest BCUT2D eigenvalue weighted by Crippen LogP contribution is -2.12. The molecule has 1 unspecified atom stereocenters. The van der Waals surface area contributed by atoms with Crippen molar-refractivity contribution in [3.8, 4) is 11.3 Å². The first-order valence-corrected chi connectivity index (χ1v) is 6.66. The molecule has 1 atom stereocenters. The third-order valence-electron chi connectivity index (χ3n) is 3.33. The van der Waals surface area contributed by atoms with Gasteiger partial charge in [0.1, 0.15) is 0 Å². The number of hydrogen-bond acceptors (Lipinski definition) is 3. The van der Waals surface area contributed by atoms with Crippen LogP contribution in [0.15, 0.2) is 34.9 Å². The molecule has 0 radical (unpaired) electrons. The highest BCUT2D eigenvalue weighted by Gasteiger charge is 2.20. The molecule has 0 spiro atoms. The first kappa shape index (κ1) is 13.8. The van der Waals surface area contributed by atoms with Crippen LogP contribution in [0.25, 0.3) is 11.3 Å². The van der Waals surface area contributed by atoms with Crippen molar-refractivity contribution < 1.29 is 4.42 Å². The van der Waals surface area contributed by atoms with Crippen molar-refractivity contribution in [1.82, 2.24) is 10.3 Å². The maximum absolute atomic E-state index is 5.88. The van der Waals surface area contributed by atoms with Gasteiger partial charge in [0.2, 0.25) is 5.89 Å². The van der Waals surface area contributed by atoms with Gasteiger partial charge in [-0.1, -0.05) is 45.0 Å². The fourth-order valence-electron chi connectivity index (χ4n) is 2.09. The Hall–Kier alpha value is -1.61. The summed E-state index contributed by atoms with van der Waals surface area (Å²) < 4.78 is 5.88. The fourth-order valence-corrected chi connectivity index (χ4v) is 2.09. The number of benzene rings is 1. The fraction of sp³-hybridized carbons (Fsp3) is 0.438. The van der Waals surface area contributed by atoms with E-state index in [1.165, 1.54) is 5.56 Å². The molecule has 3 heteroatoms. The molecule has 0 bridgehead atoms. The summed E-state index contributed by atoms with van der Waals surface area (Å²) in [4.78, 5) is 4.36. The highest BCUT2D eigenvalue weighted by atomic mass is 16.4. The maximum Gasteiger partial charge on any atom is 0.211 e. The van der Waals surface area contributed by atoms with Gasteiger partial charge in [-0.15, -0.1) is 0 Å². The van der Waals surface area contributed by atoms with Gasteiger partial charge in [0.25, 0.3) is 0 Å². The van der Waals surface area contributed by atoms with Crippen LogP contribution in [0, 0.1) is 0 Å². The predicted octanol–water partition coefficient (Wildman–Crippen LogP) is 3.92. The van der Waals surface area contributed by atoms with Crippen LogP contribution in [0.3, 0.4) is 0 Å². The van der Waals surface area contributed by atoms with Crippen LogP contribution in [0.4, 0.5) is 0 Å². The highest BCUT2D eigenvalue weighted by molar-refractivity contribution is 5.63. The molecule has 2 rings (SSSR count). The first-order valence-electron chi connectivity index (χ1n) is 6.66. The molecule has 0 aliphatic heterocycles. The molecule has 1 aromatic heterocycles. The van der Waals surface area contributed by atoms with E-state index in [9.17, 15) is 0 Å². The molecule has 3 nitrogen and oxygen atoms in total. The van der Waals surface area contributed by atoms with Crippen LogP contribution in [0.1, 0.15) is 45.2 Å². The van der Waals surface area contributed by atoms with Gasteiger partial charge in [0, 0.05) is 5.56 Å². The monoisotopic (exact) mass is 258 g/mol. The number of rotatable bonds is 3. The van der Waals surface area contributed by atoms with E-state index < -0.39 is 0 Å². The minimum Gasteiger partial charge on any atom is -0.439 e. The average Bonchev–Trinajstić information content (AvgIpc) is 2.86. The maximum atomic E-state index is 5.88. The molecule has 0 amide bonds. The van der Waals surface area contributed by atoms with Gasteiger partial charge in [0.05, 0.1) is 12.2 Å². The minimum atomic E-state index is 0.0815. The second-order valence-corrected chi connectivity index (χ2v) is 5.87. The average molecular weight is 258 g/mol. The van der Waals surface area contributed by atoms with E-state index in [-0.39, 0.29) is 11.5 Å². The Morgan fingerprint density at radius 1 is 1.21 bits per heavy atom. The molecule has 2 aromatic rings. The largest absolute Gasteiger partial charge is 0.439 e. The molecule has 0 saturated carbocycles. The van der Waals surface area contributed by atoms with Gasteiger partial charge in [-0.3, -0.25) is 0 Å². The lowest BCUT2D eigenvalue weighted by Gasteiger charge is -2.21. The molecule has 0 saturated heterocycles. The van der Waals surface area contributed by atoms with Crippen LogP contribution >= 0.6 is 0 Å². The Kier molecular flexibility index (Phi) is 3.76. The van der Waals surface area contributed by atoms with Crippen LogP contribution in [-0.4, -0.2) is 12.0 Å². The van der Waals surface area contributed by atoms with Gasteiger partial charge in [-0.25, -0.2) is 4.98 Å². The number of nitrogens with one attached hydrogen (secondary N) is 1. The zero-order valence-corrected chi connectivity index (χ0v) is 12.3. The van der Waals surface area contributed by atoms with Gasteiger partial charge in [0.15, 0.2) is 5.76 Å². The van der Waals surface area contributed by atoms with Crippen molar-refractivity contribution in [3.05, 3.63) is 41.9 Å². The standard InChI is InChI=1S/C16H22N2O/c1-11(17-5)15-18-10-14(19-15)12-8-6-7-9-13(12)16(2,3)4/h6-11,17H,1-5H3. The minimum absolute atomic E-state index is 0.0815. The Morgan fingerprint density at radius 2 is 1.89 bits per heavy atom. The second kappa shape index (κ2) is 5.17. The molecule has 1 heterocycles. The highest BCUT2D eigenvalue weighted by Crippen LogP contribution is 2.33. The molecule has 0 aliphatic rings. The quantitative estimate of drug-likeness (QED) is 0.906. The van der Waals surface area contributed by atoms with Gasteiger partial charge in [-0.05, 0) is 24.9 Å². The van der Waals surface area contributed by atoms with Crippen LogP contribution in [-0.2, 0) is 5.41 Å². The summed E-state index contributed by atoms with van der Waals surface area (Å²) in [6.45, 7) is 8.66. The molecule has 1 N–H and O–H groups in total. The molecule has 0 fully saturated rings. The Labute approximate surface area is 115 Å². The van der Waals surface area contributed by atoms with Crippen molar-refractivity contribution >= 4 is 0 Å². The third kappa shape index (κ3) is 2.87. The summed E-state index contributed by atoms with van der Waals surface area (Å²) in [7, 11) is 1.90. The van der Waals surface area contributed by atoms with Crippen LogP contribution in [0.5, 0.6) is 0 Å². The third-order valence-corrected chi connectivity index (χ3v) is 3.33. The van der Waals surface area contributed by atoms with E-state index in [1.807, 2.05) is 26.2 Å². The lowest BCUT2D eigenvalue weighted by atomic mass is 9.83. The molecule has 0 aliphatic carbocycles. The summed E-state index contributed by atoms with van der Waals surface area (Å²) in [5.41, 5.74) is 2.48. The number of hydrogen-bond donors (Lipinski definition) is 1. The summed E-state index contributed by atoms with van der Waals surface area (Å²) in [6, 6.07) is 8.47. The SMILES string of the molecule is CNC(C)c1ncc(-c2ccccc2C(C)(C)C)o1. The zero-order valence-electron chi connectivity index (χ0n) is 12.3. The Bertz CT molecular complexity index is 552. The van der Waals surface area contributed by atoms with Crippen molar-refractivity contribution in [2.45, 2.75) is 39.2 Å². The number of aromatic nitrogens is 1. The van der Waals surface area contributed by atoms with E-state index in [2.05, 4.69) is 49.3 Å². The van der Waals surface area contributed by atoms with Gasteiger partial charge < -0.3 is 9.73 Å². The van der Waals surface area contributed by atoms with Crippen molar-refractivity contribution in [1.29, 1.82) is 0 Å². The molecule has 102 valence electrons. The van der Waals surface area contributed by atoms with Crippen LogP contribution < -0.4 is 5.32 Å². The molecular formula is C16H22N2O. The number of nitrogens with zero attached hydrogens (tertiary/aromatic N) is 1. The Morgan fingerprint density at radius 3 is 2.53 bits per heavy atom. The lowest BCUT2D eigenvalue weighted by molar-refractivity contribution is 0.440. The van der Waals surface area contributed by atoms with E-state index in [4.69, 9.17) is 4.42 Å². The van der Waals surface area contributed by atoms with E-state index >= 15 is 0 Å². The van der Waals surface area contributed by atoms with E-state index in [0.29, 0.717) is 0 Å². The zero-order chi connectivity index (χ0) is 14.0. The normalized spacial score (nSPS) is 13.5. The summed E-state index contributed by atoms with van der Waals surface area (Å²) in [5, 5.41) is 3.13. The van der Waals surface area contributed by atoms with E-state index in [0.717, 1.165) is 17.2 Å². The van der Waals surface area contributed by atoms with E-state index in [1.54, 1.807) is 0 Å². The molecule has 1 aromatic carbocycles. The van der Waals surface area contributed by atoms with Crippen LogP contribution in [0.2, 0.25) is 0 Å². The summed E-state index contributed by atoms with van der Waals surface area (Å²) >= 11 is 0. The Balaban J connectivity index is 2.45. The van der Waals surface area contributed by atoms with Gasteiger partial charge in [-0.2, -0.15) is 0 Å². The smallest absolute Gasteiger partial charge is 0.211 e. The predicted molar refractivity (Wildman–Crippen MR) is 78.1 cm³/mol. The van der Waals surface area contributed by atoms with Crippen molar-refractivity contribution in [3.63, 3.8) is 0 Å². The summed E-state index contributed by atoms with van der Waals surface area (Å²) in [5.74, 6) is 1.56. The molecular weight excluding hydrogens is 236 g/mol. The van der Waals surface area contributed by atoms with Gasteiger partial charge >= 0.3 is 0 Å². The summed E-state index contributed by atoms with van der Waals surface area (Å²) in [6.07, 6.45) is 1.81. The van der Waals surface area contributed by atoms with Crippen molar-refractivity contribution in [2.75, 3.05) is 7.05 Å².